The van der Waals surface area contributed by atoms with Gasteiger partial charge in [0.15, 0.2) is 0 Å². The van der Waals surface area contributed by atoms with Crippen LogP contribution in [-0.2, 0) is 4.74 Å². The van der Waals surface area contributed by atoms with Gasteiger partial charge >= 0.3 is 6.09 Å². The van der Waals surface area contributed by atoms with E-state index in [-0.39, 0.29) is 12.1 Å². The molecule has 1 aliphatic rings. The van der Waals surface area contributed by atoms with Crippen LogP contribution in [0.3, 0.4) is 0 Å². The van der Waals surface area contributed by atoms with Gasteiger partial charge in [-0.15, -0.1) is 0 Å². The third kappa shape index (κ3) is 3.39. The van der Waals surface area contributed by atoms with Crippen molar-refractivity contribution < 1.29 is 14.6 Å². The zero-order chi connectivity index (χ0) is 16.1. The van der Waals surface area contributed by atoms with E-state index in [0.717, 1.165) is 19.3 Å². The zero-order valence-electron chi connectivity index (χ0n) is 13.0. The maximum atomic E-state index is 11.8. The van der Waals surface area contributed by atoms with Crippen LogP contribution in [0.25, 0.3) is 0 Å². The molecule has 7 heteroatoms. The van der Waals surface area contributed by atoms with Gasteiger partial charge in [0.25, 0.3) is 0 Å². The molecular formula is C15H22N4O3. The van der Waals surface area contributed by atoms with Gasteiger partial charge < -0.3 is 14.7 Å². The van der Waals surface area contributed by atoms with Crippen LogP contribution in [0.4, 0.5) is 4.79 Å². The van der Waals surface area contributed by atoms with Crippen LogP contribution in [0.15, 0.2) is 6.20 Å². The van der Waals surface area contributed by atoms with Crippen molar-refractivity contribution in [2.45, 2.75) is 45.3 Å². The quantitative estimate of drug-likeness (QED) is 0.918. The fraction of sp³-hybridized carbons (Fsp3) is 0.667. The number of carbonyl (C=O) groups is 1. The van der Waals surface area contributed by atoms with Crippen LogP contribution >= 0.6 is 0 Å². The summed E-state index contributed by atoms with van der Waals surface area (Å²) in [5.41, 5.74) is 0.953. The monoisotopic (exact) mass is 306 g/mol. The Labute approximate surface area is 130 Å². The van der Waals surface area contributed by atoms with Gasteiger partial charge in [0.2, 0.25) is 0 Å². The Morgan fingerprint density at radius 1 is 1.59 bits per heavy atom. The minimum absolute atomic E-state index is 0.0670. The van der Waals surface area contributed by atoms with E-state index < -0.39 is 6.10 Å². The van der Waals surface area contributed by atoms with Crippen molar-refractivity contribution in [3.8, 4) is 6.07 Å². The normalized spacial score (nSPS) is 17.1. The van der Waals surface area contributed by atoms with E-state index in [2.05, 4.69) is 11.2 Å². The van der Waals surface area contributed by atoms with Crippen molar-refractivity contribution in [1.29, 1.82) is 5.26 Å². The van der Waals surface area contributed by atoms with E-state index in [1.54, 1.807) is 22.7 Å². The molecule has 1 amide bonds. The van der Waals surface area contributed by atoms with Crippen LogP contribution in [0.5, 0.6) is 0 Å². The SMILES string of the molecule is CCCOC(=O)N1CCC(n2ncc(C(C)O)c2C#N)CC1. The summed E-state index contributed by atoms with van der Waals surface area (Å²) in [5.74, 6) is 0. The predicted molar refractivity (Wildman–Crippen MR) is 79.1 cm³/mol. The molecule has 22 heavy (non-hydrogen) atoms. The highest BCUT2D eigenvalue weighted by molar-refractivity contribution is 5.67. The van der Waals surface area contributed by atoms with E-state index in [4.69, 9.17) is 4.74 Å². The number of likely N-dealkylation sites (tertiary alicyclic amines) is 1. The summed E-state index contributed by atoms with van der Waals surface area (Å²) in [7, 11) is 0. The Kier molecular flexibility index (Phi) is 5.39. The van der Waals surface area contributed by atoms with Crippen molar-refractivity contribution in [3.05, 3.63) is 17.5 Å². The average Bonchev–Trinajstić information content (AvgIpc) is 2.96. The molecule has 1 unspecified atom stereocenters. The predicted octanol–water partition coefficient (Wildman–Crippen LogP) is 1.99. The van der Waals surface area contributed by atoms with E-state index in [1.807, 2.05) is 6.92 Å². The van der Waals surface area contributed by atoms with Crippen LogP contribution in [0.2, 0.25) is 0 Å². The number of amides is 1. The molecule has 1 aromatic rings. The number of rotatable bonds is 4. The molecule has 2 heterocycles. The molecule has 0 bridgehead atoms. The van der Waals surface area contributed by atoms with Crippen molar-refractivity contribution in [1.82, 2.24) is 14.7 Å². The third-order valence-electron chi connectivity index (χ3n) is 3.88. The molecule has 0 aliphatic carbocycles. The van der Waals surface area contributed by atoms with Crippen LogP contribution in [0.1, 0.15) is 56.5 Å². The van der Waals surface area contributed by atoms with Gasteiger partial charge in [0.05, 0.1) is 24.9 Å². The van der Waals surface area contributed by atoms with Crippen molar-refractivity contribution in [2.75, 3.05) is 19.7 Å². The van der Waals surface area contributed by atoms with Gasteiger partial charge in [0, 0.05) is 18.7 Å². The number of nitrogens with zero attached hydrogens (tertiary/aromatic N) is 4. The summed E-state index contributed by atoms with van der Waals surface area (Å²) in [6, 6.07) is 2.19. The minimum Gasteiger partial charge on any atom is -0.449 e. The first kappa shape index (κ1) is 16.3. The van der Waals surface area contributed by atoms with Crippen LogP contribution in [-0.4, -0.2) is 45.6 Å². The summed E-state index contributed by atoms with van der Waals surface area (Å²) >= 11 is 0. The largest absolute Gasteiger partial charge is 0.449 e. The van der Waals surface area contributed by atoms with Gasteiger partial charge in [-0.3, -0.25) is 4.68 Å². The smallest absolute Gasteiger partial charge is 0.409 e. The molecule has 0 saturated carbocycles. The van der Waals surface area contributed by atoms with E-state index >= 15 is 0 Å². The highest BCUT2D eigenvalue weighted by atomic mass is 16.6. The Morgan fingerprint density at radius 3 is 2.82 bits per heavy atom. The topological polar surface area (TPSA) is 91.4 Å². The van der Waals surface area contributed by atoms with E-state index in [9.17, 15) is 15.2 Å². The van der Waals surface area contributed by atoms with Gasteiger partial charge in [-0.25, -0.2) is 4.79 Å². The fourth-order valence-electron chi connectivity index (χ4n) is 2.65. The highest BCUT2D eigenvalue weighted by Crippen LogP contribution is 2.26. The number of piperidine rings is 1. The van der Waals surface area contributed by atoms with Gasteiger partial charge in [-0.2, -0.15) is 10.4 Å². The van der Waals surface area contributed by atoms with Crippen molar-refractivity contribution in [3.63, 3.8) is 0 Å². The lowest BCUT2D eigenvalue weighted by atomic mass is 10.0. The number of carbonyl (C=O) groups excluding carboxylic acids is 1. The number of ether oxygens (including phenoxy) is 1. The highest BCUT2D eigenvalue weighted by Gasteiger charge is 2.27. The van der Waals surface area contributed by atoms with E-state index in [0.29, 0.717) is 31.0 Å². The number of hydrogen-bond donors (Lipinski definition) is 1. The summed E-state index contributed by atoms with van der Waals surface area (Å²) in [6.45, 7) is 5.19. The third-order valence-corrected chi connectivity index (χ3v) is 3.88. The van der Waals surface area contributed by atoms with Crippen LogP contribution in [0, 0.1) is 11.3 Å². The molecule has 1 fully saturated rings. The first-order chi connectivity index (χ1) is 10.6. The first-order valence-electron chi connectivity index (χ1n) is 7.65. The summed E-state index contributed by atoms with van der Waals surface area (Å²) < 4.78 is 6.81. The standard InChI is InChI=1S/C15H22N4O3/c1-3-8-22-15(21)18-6-4-12(5-7-18)19-14(9-16)13(10-17-19)11(2)20/h10-12,20H,3-8H2,1-2H3. The maximum Gasteiger partial charge on any atom is 0.409 e. The number of aliphatic hydroxyl groups excluding tert-OH is 1. The van der Waals surface area contributed by atoms with Gasteiger partial charge in [-0.1, -0.05) is 6.92 Å². The fourth-order valence-corrected chi connectivity index (χ4v) is 2.65. The molecular weight excluding hydrogens is 284 g/mol. The zero-order valence-corrected chi connectivity index (χ0v) is 13.0. The van der Waals surface area contributed by atoms with Gasteiger partial charge in [0.1, 0.15) is 11.8 Å². The Hall–Kier alpha value is -2.07. The van der Waals surface area contributed by atoms with Crippen LogP contribution < -0.4 is 0 Å². The molecule has 7 nitrogen and oxygen atoms in total. The summed E-state index contributed by atoms with van der Waals surface area (Å²) in [6.07, 6.45) is 2.81. The molecule has 1 aromatic heterocycles. The molecule has 1 atom stereocenters. The Morgan fingerprint density at radius 2 is 2.27 bits per heavy atom. The first-order valence-corrected chi connectivity index (χ1v) is 7.65. The Bertz CT molecular complexity index is 554. The molecule has 0 aromatic carbocycles. The number of aliphatic hydroxyl groups is 1. The second-order valence-corrected chi connectivity index (χ2v) is 5.51. The number of nitriles is 1. The number of hydrogen-bond acceptors (Lipinski definition) is 5. The second kappa shape index (κ2) is 7.27. The second-order valence-electron chi connectivity index (χ2n) is 5.51. The molecule has 120 valence electrons. The summed E-state index contributed by atoms with van der Waals surface area (Å²) in [5, 5.41) is 23.2. The van der Waals surface area contributed by atoms with Crippen molar-refractivity contribution in [2.24, 2.45) is 0 Å². The lowest BCUT2D eigenvalue weighted by Gasteiger charge is -2.31. The molecule has 2 rings (SSSR count). The lowest BCUT2D eigenvalue weighted by molar-refractivity contribution is 0.0874. The Balaban J connectivity index is 2.00. The van der Waals surface area contributed by atoms with E-state index in [1.165, 1.54) is 0 Å². The molecule has 1 N–H and O–H groups in total. The molecule has 0 spiro atoms. The number of aromatic nitrogens is 2. The van der Waals surface area contributed by atoms with Gasteiger partial charge in [-0.05, 0) is 26.2 Å². The lowest BCUT2D eigenvalue weighted by Crippen LogP contribution is -2.39. The average molecular weight is 306 g/mol. The minimum atomic E-state index is -0.715. The van der Waals surface area contributed by atoms with Crippen molar-refractivity contribution >= 4 is 6.09 Å². The maximum absolute atomic E-state index is 11.8. The molecule has 1 saturated heterocycles. The molecule has 1 aliphatic heterocycles. The molecule has 0 radical (unpaired) electrons. The summed E-state index contributed by atoms with van der Waals surface area (Å²) in [4.78, 5) is 13.5.